The van der Waals surface area contributed by atoms with Crippen LogP contribution in [0.25, 0.3) is 10.2 Å². The van der Waals surface area contributed by atoms with Crippen molar-refractivity contribution in [2.24, 2.45) is 0 Å². The molecule has 0 saturated carbocycles. The number of hydrogen-bond donors (Lipinski definition) is 0. The number of morpholine rings is 1. The van der Waals surface area contributed by atoms with Crippen LogP contribution in [0.5, 0.6) is 11.5 Å². The predicted molar refractivity (Wildman–Crippen MR) is 144 cm³/mol. The van der Waals surface area contributed by atoms with Crippen LogP contribution in [-0.4, -0.2) is 68.9 Å². The van der Waals surface area contributed by atoms with E-state index >= 15 is 0 Å². The van der Waals surface area contributed by atoms with Gasteiger partial charge in [0.05, 0.1) is 43.1 Å². The largest absolute Gasteiger partial charge is 0.494 e. The van der Waals surface area contributed by atoms with Gasteiger partial charge in [-0.15, -0.1) is 12.4 Å². The van der Waals surface area contributed by atoms with Crippen molar-refractivity contribution in [3.8, 4) is 11.5 Å². The summed E-state index contributed by atoms with van der Waals surface area (Å²) in [7, 11) is 1.61. The molecule has 35 heavy (non-hydrogen) atoms. The molecule has 3 aromatic rings. The molecule has 0 N–H and O–H groups in total. The third kappa shape index (κ3) is 6.98. The van der Waals surface area contributed by atoms with Crippen molar-refractivity contribution >= 4 is 56.6 Å². The molecule has 1 saturated heterocycles. The summed E-state index contributed by atoms with van der Waals surface area (Å²) in [5.41, 5.74) is 1.62. The number of rotatable bonds is 10. The number of fused-ring (bicyclic) bond motifs is 1. The van der Waals surface area contributed by atoms with Gasteiger partial charge in [0.15, 0.2) is 5.13 Å². The molecule has 1 fully saturated rings. The van der Waals surface area contributed by atoms with Crippen molar-refractivity contribution < 1.29 is 19.0 Å². The van der Waals surface area contributed by atoms with Crippen LogP contribution < -0.4 is 14.4 Å². The summed E-state index contributed by atoms with van der Waals surface area (Å²) < 4.78 is 17.3. The average molecular weight is 541 g/mol. The van der Waals surface area contributed by atoms with E-state index in [2.05, 4.69) is 4.90 Å². The van der Waals surface area contributed by atoms with Gasteiger partial charge in [-0.05, 0) is 43.2 Å². The number of methoxy groups -OCH3 is 1. The second-order valence-corrected chi connectivity index (χ2v) is 9.42. The van der Waals surface area contributed by atoms with Gasteiger partial charge in [0.25, 0.3) is 0 Å². The minimum atomic E-state index is 0. The van der Waals surface area contributed by atoms with Crippen molar-refractivity contribution in [3.05, 3.63) is 47.0 Å². The summed E-state index contributed by atoms with van der Waals surface area (Å²) in [5, 5.41) is 1.24. The quantitative estimate of drug-likeness (QED) is 0.358. The average Bonchev–Trinajstić information content (AvgIpc) is 3.30. The Hall–Kier alpha value is -2.10. The smallest absolute Gasteiger partial charge is 0.233 e. The van der Waals surface area contributed by atoms with Crippen LogP contribution in [0.15, 0.2) is 36.4 Å². The number of ether oxygens (including phenoxy) is 3. The van der Waals surface area contributed by atoms with E-state index < -0.39 is 0 Å². The van der Waals surface area contributed by atoms with Gasteiger partial charge < -0.3 is 14.2 Å². The number of hydrogen-bond acceptors (Lipinski definition) is 7. The summed E-state index contributed by atoms with van der Waals surface area (Å²) in [6.45, 7) is 7.41. The van der Waals surface area contributed by atoms with Crippen molar-refractivity contribution in [3.63, 3.8) is 0 Å². The molecule has 190 valence electrons. The van der Waals surface area contributed by atoms with Gasteiger partial charge in [0, 0.05) is 26.2 Å². The van der Waals surface area contributed by atoms with E-state index in [1.165, 1.54) is 11.3 Å². The molecule has 1 amide bonds. The first-order chi connectivity index (χ1) is 16.6. The highest BCUT2D eigenvalue weighted by atomic mass is 35.5. The standard InChI is InChI=1S/C25H30ClN3O4S.ClH/c1-3-33-19-7-5-18(6-8-19)17-22(30)29(12-4-11-28-13-15-32-16-14-28)25-27-23-21(31-2)10-9-20(26)24(23)34-25;/h5-10H,3-4,11-17H2,1-2H3;1H. The number of benzene rings is 2. The Morgan fingerprint density at radius 3 is 2.63 bits per heavy atom. The van der Waals surface area contributed by atoms with Gasteiger partial charge >= 0.3 is 0 Å². The molecule has 10 heteroatoms. The fraction of sp³-hybridized carbons (Fsp3) is 0.440. The summed E-state index contributed by atoms with van der Waals surface area (Å²) >= 11 is 7.86. The first-order valence-corrected chi connectivity index (χ1v) is 12.7. The van der Waals surface area contributed by atoms with Crippen molar-refractivity contribution in [1.82, 2.24) is 9.88 Å². The van der Waals surface area contributed by atoms with Crippen LogP contribution in [0.3, 0.4) is 0 Å². The van der Waals surface area contributed by atoms with Crippen LogP contribution in [0.2, 0.25) is 5.02 Å². The SMILES string of the molecule is CCOc1ccc(CC(=O)N(CCCN2CCOCC2)c2nc3c(OC)ccc(Cl)c3s2)cc1.Cl. The third-order valence-corrected chi connectivity index (χ3v) is 7.29. The highest BCUT2D eigenvalue weighted by Crippen LogP contribution is 2.39. The Kier molecular flexibility index (Phi) is 10.4. The maximum Gasteiger partial charge on any atom is 0.233 e. The number of anilines is 1. The Morgan fingerprint density at radius 2 is 1.94 bits per heavy atom. The number of carbonyl (C=O) groups excluding carboxylic acids is 1. The first kappa shape index (κ1) is 27.5. The molecule has 1 aliphatic heterocycles. The zero-order chi connectivity index (χ0) is 23.9. The topological polar surface area (TPSA) is 64.1 Å². The zero-order valence-corrected chi connectivity index (χ0v) is 22.4. The van der Waals surface area contributed by atoms with E-state index in [9.17, 15) is 4.79 Å². The van der Waals surface area contributed by atoms with E-state index in [1.807, 2.05) is 31.2 Å². The Labute approximate surface area is 221 Å². The number of aromatic nitrogens is 1. The molecule has 0 unspecified atom stereocenters. The number of carbonyl (C=O) groups is 1. The number of nitrogens with zero attached hydrogens (tertiary/aromatic N) is 3. The van der Waals surface area contributed by atoms with E-state index in [1.54, 1.807) is 24.1 Å². The van der Waals surface area contributed by atoms with E-state index in [4.69, 9.17) is 30.8 Å². The molecule has 1 aromatic heterocycles. The lowest BCUT2D eigenvalue weighted by molar-refractivity contribution is -0.118. The zero-order valence-electron chi connectivity index (χ0n) is 20.0. The van der Waals surface area contributed by atoms with Gasteiger partial charge in [-0.1, -0.05) is 35.1 Å². The summed E-state index contributed by atoms with van der Waals surface area (Å²) in [5.74, 6) is 1.45. The van der Waals surface area contributed by atoms with Crippen molar-refractivity contribution in [1.29, 1.82) is 0 Å². The van der Waals surface area contributed by atoms with Crippen molar-refractivity contribution in [2.45, 2.75) is 19.8 Å². The molecule has 0 aliphatic carbocycles. The minimum Gasteiger partial charge on any atom is -0.494 e. The fourth-order valence-corrected chi connectivity index (χ4v) is 5.27. The molecular weight excluding hydrogens is 509 g/mol. The van der Waals surface area contributed by atoms with E-state index in [0.717, 1.165) is 55.3 Å². The van der Waals surface area contributed by atoms with Crippen LogP contribution in [0.1, 0.15) is 18.9 Å². The van der Waals surface area contributed by atoms with E-state index in [-0.39, 0.29) is 24.7 Å². The van der Waals surface area contributed by atoms with E-state index in [0.29, 0.717) is 34.6 Å². The Morgan fingerprint density at radius 1 is 1.20 bits per heavy atom. The van der Waals surface area contributed by atoms with Gasteiger partial charge in [-0.25, -0.2) is 4.98 Å². The predicted octanol–water partition coefficient (Wildman–Crippen LogP) is 5.08. The monoisotopic (exact) mass is 539 g/mol. The molecule has 0 spiro atoms. The number of halogens is 2. The normalized spacial score (nSPS) is 13.9. The maximum absolute atomic E-state index is 13.5. The van der Waals surface area contributed by atoms with Gasteiger partial charge in [0.1, 0.15) is 17.0 Å². The van der Waals surface area contributed by atoms with Crippen LogP contribution in [0.4, 0.5) is 5.13 Å². The van der Waals surface area contributed by atoms with Crippen LogP contribution >= 0.6 is 35.3 Å². The summed E-state index contributed by atoms with van der Waals surface area (Å²) in [6, 6.07) is 11.3. The summed E-state index contributed by atoms with van der Waals surface area (Å²) in [4.78, 5) is 22.4. The van der Waals surface area contributed by atoms with Gasteiger partial charge in [0.2, 0.25) is 5.91 Å². The molecule has 0 radical (unpaired) electrons. The molecule has 0 atom stereocenters. The van der Waals surface area contributed by atoms with Gasteiger partial charge in [-0.3, -0.25) is 14.6 Å². The molecule has 7 nitrogen and oxygen atoms in total. The molecule has 0 bridgehead atoms. The fourth-order valence-electron chi connectivity index (χ4n) is 3.97. The molecule has 2 aromatic carbocycles. The van der Waals surface area contributed by atoms with Crippen LogP contribution in [-0.2, 0) is 16.0 Å². The Balaban J connectivity index is 0.00000342. The molecular formula is C25H31Cl2N3O4S. The first-order valence-electron chi connectivity index (χ1n) is 11.5. The molecule has 2 heterocycles. The second kappa shape index (κ2) is 13.3. The lowest BCUT2D eigenvalue weighted by Crippen LogP contribution is -2.39. The van der Waals surface area contributed by atoms with Crippen molar-refractivity contribution in [2.75, 3.05) is 58.0 Å². The third-order valence-electron chi connectivity index (χ3n) is 5.75. The Bertz CT molecular complexity index is 1100. The lowest BCUT2D eigenvalue weighted by atomic mass is 10.1. The molecule has 4 rings (SSSR count). The maximum atomic E-state index is 13.5. The number of amides is 1. The second-order valence-electron chi connectivity index (χ2n) is 8.03. The highest BCUT2D eigenvalue weighted by molar-refractivity contribution is 7.23. The minimum absolute atomic E-state index is 0. The number of thiazole rings is 1. The van der Waals surface area contributed by atoms with Crippen LogP contribution in [0, 0.1) is 0 Å². The lowest BCUT2D eigenvalue weighted by Gasteiger charge is -2.27. The summed E-state index contributed by atoms with van der Waals surface area (Å²) in [6.07, 6.45) is 1.13. The van der Waals surface area contributed by atoms with Gasteiger partial charge in [-0.2, -0.15) is 0 Å². The highest BCUT2D eigenvalue weighted by Gasteiger charge is 2.23. The molecule has 1 aliphatic rings.